The van der Waals surface area contributed by atoms with Crippen LogP contribution in [0.5, 0.6) is 0 Å². The maximum atomic E-state index is 11.9. The molecule has 6 nitrogen and oxygen atoms in total. The molecule has 0 saturated carbocycles. The number of aromatic amines is 2. The van der Waals surface area contributed by atoms with Gasteiger partial charge in [-0.25, -0.2) is 0 Å². The van der Waals surface area contributed by atoms with Crippen LogP contribution in [0.1, 0.15) is 34.6 Å². The van der Waals surface area contributed by atoms with Gasteiger partial charge >= 0.3 is 0 Å². The highest BCUT2D eigenvalue weighted by Crippen LogP contribution is 2.09. The third-order valence-corrected chi connectivity index (χ3v) is 2.67. The van der Waals surface area contributed by atoms with E-state index in [1.165, 1.54) is 6.07 Å². The van der Waals surface area contributed by atoms with E-state index in [1.807, 2.05) is 6.92 Å². The number of nitrogens with zero attached hydrogens (tertiary/aromatic N) is 1. The zero-order chi connectivity index (χ0) is 13.1. The summed E-state index contributed by atoms with van der Waals surface area (Å²) in [5, 5.41) is 9.22. The van der Waals surface area contributed by atoms with Crippen molar-refractivity contribution in [1.82, 2.24) is 20.5 Å². The number of nitrogens with one attached hydrogen (secondary N) is 3. The van der Waals surface area contributed by atoms with Crippen LogP contribution in [-0.2, 0) is 0 Å². The monoisotopic (exact) mass is 246 g/mol. The lowest BCUT2D eigenvalue weighted by Gasteiger charge is -2.11. The molecule has 94 valence electrons. The number of aryl methyl sites for hydroxylation is 1. The van der Waals surface area contributed by atoms with Gasteiger partial charge in [0.2, 0.25) is 0 Å². The van der Waals surface area contributed by atoms with Crippen molar-refractivity contribution in [2.24, 2.45) is 0 Å². The third-order valence-electron chi connectivity index (χ3n) is 2.67. The summed E-state index contributed by atoms with van der Waals surface area (Å²) < 4.78 is 0. The first-order chi connectivity index (χ1) is 8.58. The first kappa shape index (κ1) is 12.1. The third kappa shape index (κ3) is 2.48. The smallest absolute Gasteiger partial charge is 0.260 e. The Bertz CT molecular complexity index is 601. The number of H-pyrrole nitrogens is 2. The Morgan fingerprint density at radius 2 is 2.22 bits per heavy atom. The maximum absolute atomic E-state index is 11.9. The summed E-state index contributed by atoms with van der Waals surface area (Å²) in [4.78, 5) is 26.1. The van der Waals surface area contributed by atoms with Gasteiger partial charge in [0, 0.05) is 17.5 Å². The molecule has 18 heavy (non-hydrogen) atoms. The average Bonchev–Trinajstić information content (AvgIpc) is 2.81. The highest BCUT2D eigenvalue weighted by molar-refractivity contribution is 5.94. The van der Waals surface area contributed by atoms with Crippen LogP contribution < -0.4 is 10.9 Å². The number of amides is 1. The Hall–Kier alpha value is -2.37. The van der Waals surface area contributed by atoms with Crippen LogP contribution in [-0.4, -0.2) is 21.1 Å². The van der Waals surface area contributed by atoms with Gasteiger partial charge in [-0.3, -0.25) is 14.7 Å². The highest BCUT2D eigenvalue weighted by atomic mass is 16.2. The number of carbonyl (C=O) groups is 1. The average molecular weight is 246 g/mol. The molecule has 2 rings (SSSR count). The normalized spacial score (nSPS) is 12.1. The largest absolute Gasteiger partial charge is 0.345 e. The molecule has 0 radical (unpaired) electrons. The molecule has 1 atom stereocenters. The van der Waals surface area contributed by atoms with Crippen molar-refractivity contribution in [3.8, 4) is 0 Å². The topological polar surface area (TPSA) is 90.6 Å². The van der Waals surface area contributed by atoms with Crippen molar-refractivity contribution in [2.45, 2.75) is 19.9 Å². The summed E-state index contributed by atoms with van der Waals surface area (Å²) in [7, 11) is 0. The molecule has 0 aliphatic heterocycles. The molecule has 0 bridgehead atoms. The number of pyridine rings is 1. The predicted molar refractivity (Wildman–Crippen MR) is 66.3 cm³/mol. The van der Waals surface area contributed by atoms with Gasteiger partial charge in [-0.15, -0.1) is 0 Å². The number of hydrogen-bond acceptors (Lipinski definition) is 3. The fourth-order valence-corrected chi connectivity index (χ4v) is 1.61. The molecule has 6 heteroatoms. The molecule has 0 spiro atoms. The van der Waals surface area contributed by atoms with Crippen LogP contribution in [0.3, 0.4) is 0 Å². The quantitative estimate of drug-likeness (QED) is 0.751. The van der Waals surface area contributed by atoms with Gasteiger partial charge in [-0.05, 0) is 26.0 Å². The molecule has 2 heterocycles. The Kier molecular flexibility index (Phi) is 3.27. The minimum Gasteiger partial charge on any atom is -0.345 e. The second-order valence-electron chi connectivity index (χ2n) is 4.11. The Morgan fingerprint density at radius 1 is 1.44 bits per heavy atom. The molecule has 2 aromatic heterocycles. The van der Waals surface area contributed by atoms with E-state index >= 15 is 0 Å². The van der Waals surface area contributed by atoms with E-state index in [4.69, 9.17) is 0 Å². The molecule has 2 aromatic rings. The molecule has 3 N–H and O–H groups in total. The molecule has 0 aliphatic carbocycles. The summed E-state index contributed by atoms with van der Waals surface area (Å²) in [6, 6.07) is 3.00. The van der Waals surface area contributed by atoms with Gasteiger partial charge in [0.15, 0.2) is 0 Å². The van der Waals surface area contributed by atoms with Gasteiger partial charge in [0.25, 0.3) is 11.5 Å². The Morgan fingerprint density at radius 3 is 2.83 bits per heavy atom. The summed E-state index contributed by atoms with van der Waals surface area (Å²) in [6.45, 7) is 3.59. The van der Waals surface area contributed by atoms with Crippen molar-refractivity contribution >= 4 is 5.91 Å². The van der Waals surface area contributed by atoms with E-state index in [0.717, 1.165) is 11.3 Å². The molecule has 1 amide bonds. The van der Waals surface area contributed by atoms with Gasteiger partial charge in [-0.1, -0.05) is 0 Å². The zero-order valence-corrected chi connectivity index (χ0v) is 10.2. The first-order valence-electron chi connectivity index (χ1n) is 5.57. The zero-order valence-electron chi connectivity index (χ0n) is 10.2. The van der Waals surface area contributed by atoms with E-state index in [2.05, 4.69) is 20.5 Å². The second kappa shape index (κ2) is 4.87. The van der Waals surface area contributed by atoms with Crippen molar-refractivity contribution in [3.63, 3.8) is 0 Å². The fourth-order valence-electron chi connectivity index (χ4n) is 1.61. The minimum absolute atomic E-state index is 0.107. The predicted octanol–water partition coefficient (Wildman–Crippen LogP) is 0.897. The number of aromatic nitrogens is 3. The molecule has 0 saturated heterocycles. The van der Waals surface area contributed by atoms with Gasteiger partial charge in [-0.2, -0.15) is 5.10 Å². The molecule has 0 aliphatic rings. The van der Waals surface area contributed by atoms with E-state index in [0.29, 0.717) is 0 Å². The molecular formula is C12H14N4O2. The fraction of sp³-hybridized carbons (Fsp3) is 0.250. The van der Waals surface area contributed by atoms with Crippen LogP contribution in [0, 0.1) is 6.92 Å². The van der Waals surface area contributed by atoms with Crippen LogP contribution in [0.25, 0.3) is 0 Å². The summed E-state index contributed by atoms with van der Waals surface area (Å²) in [5.74, 6) is -0.398. The van der Waals surface area contributed by atoms with E-state index < -0.39 is 5.91 Å². The van der Waals surface area contributed by atoms with E-state index in [9.17, 15) is 9.59 Å². The SMILES string of the molecule is Cc1ccc(C(=O)NC(C)c2cn[nH]c2)c(=O)[nH]1. The van der Waals surface area contributed by atoms with E-state index in [-0.39, 0.29) is 17.2 Å². The number of carbonyl (C=O) groups excluding carboxylic acids is 1. The maximum Gasteiger partial charge on any atom is 0.260 e. The van der Waals surface area contributed by atoms with Gasteiger partial charge in [0.05, 0.1) is 12.2 Å². The molecule has 0 aromatic carbocycles. The van der Waals surface area contributed by atoms with Crippen LogP contribution >= 0.6 is 0 Å². The Balaban J connectivity index is 2.15. The minimum atomic E-state index is -0.398. The van der Waals surface area contributed by atoms with Crippen LogP contribution in [0.4, 0.5) is 0 Å². The highest BCUT2D eigenvalue weighted by Gasteiger charge is 2.14. The summed E-state index contributed by atoms with van der Waals surface area (Å²) in [6.07, 6.45) is 3.33. The second-order valence-corrected chi connectivity index (χ2v) is 4.11. The Labute approximate surface area is 103 Å². The number of rotatable bonds is 3. The van der Waals surface area contributed by atoms with Crippen molar-refractivity contribution in [3.05, 3.63) is 51.7 Å². The lowest BCUT2D eigenvalue weighted by atomic mass is 10.1. The molecule has 0 fully saturated rings. The summed E-state index contributed by atoms with van der Waals surface area (Å²) >= 11 is 0. The van der Waals surface area contributed by atoms with Crippen molar-refractivity contribution < 1.29 is 4.79 Å². The van der Waals surface area contributed by atoms with Crippen LogP contribution in [0.15, 0.2) is 29.3 Å². The van der Waals surface area contributed by atoms with Crippen molar-refractivity contribution in [2.75, 3.05) is 0 Å². The number of hydrogen-bond donors (Lipinski definition) is 3. The first-order valence-corrected chi connectivity index (χ1v) is 5.57. The molecular weight excluding hydrogens is 232 g/mol. The van der Waals surface area contributed by atoms with Crippen molar-refractivity contribution in [1.29, 1.82) is 0 Å². The van der Waals surface area contributed by atoms with Gasteiger partial charge < -0.3 is 10.3 Å². The van der Waals surface area contributed by atoms with E-state index in [1.54, 1.807) is 25.4 Å². The lowest BCUT2D eigenvalue weighted by molar-refractivity contribution is 0.0938. The van der Waals surface area contributed by atoms with Crippen LogP contribution in [0.2, 0.25) is 0 Å². The summed E-state index contributed by atoms with van der Waals surface area (Å²) in [5.41, 5.74) is 1.30. The molecule has 1 unspecified atom stereocenters. The van der Waals surface area contributed by atoms with Gasteiger partial charge in [0.1, 0.15) is 5.56 Å². The standard InChI is InChI=1S/C12H14N4O2/c1-7-3-4-10(11(17)15-7)12(18)16-8(2)9-5-13-14-6-9/h3-6,8H,1-2H3,(H,13,14)(H,15,17)(H,16,18). The lowest BCUT2D eigenvalue weighted by Crippen LogP contribution is -2.31.